The van der Waals surface area contributed by atoms with E-state index in [4.69, 9.17) is 4.98 Å². The Hall–Kier alpha value is -0.790. The standard InChI is InChI=1S/C15H24N2/c1-11-6-8-13-14(10-11)17-15(16-13)9-7-12-4-2-3-5-12/h11-12H,2-10H2,1H3,(H,16,17). The molecule has 1 N–H and O–H groups in total. The molecule has 1 fully saturated rings. The molecule has 2 nitrogen and oxygen atoms in total. The lowest BCUT2D eigenvalue weighted by Gasteiger charge is -2.15. The molecular weight excluding hydrogens is 208 g/mol. The number of nitrogens with one attached hydrogen (secondary N) is 1. The molecular formula is C15H24N2. The fraction of sp³-hybridized carbons (Fsp3) is 0.800. The summed E-state index contributed by atoms with van der Waals surface area (Å²) in [7, 11) is 0. The van der Waals surface area contributed by atoms with Crippen molar-refractivity contribution in [2.24, 2.45) is 11.8 Å². The molecule has 2 aliphatic rings. The van der Waals surface area contributed by atoms with Gasteiger partial charge in [0, 0.05) is 12.1 Å². The van der Waals surface area contributed by atoms with Crippen LogP contribution in [-0.4, -0.2) is 9.97 Å². The van der Waals surface area contributed by atoms with Crippen molar-refractivity contribution in [2.75, 3.05) is 0 Å². The predicted octanol–water partition coefficient (Wildman–Crippen LogP) is 3.66. The van der Waals surface area contributed by atoms with E-state index in [0.717, 1.165) is 11.8 Å². The van der Waals surface area contributed by atoms with Crippen molar-refractivity contribution >= 4 is 0 Å². The minimum Gasteiger partial charge on any atom is -0.346 e. The maximum absolute atomic E-state index is 4.79. The van der Waals surface area contributed by atoms with Gasteiger partial charge in [-0.3, -0.25) is 0 Å². The van der Waals surface area contributed by atoms with Gasteiger partial charge in [-0.1, -0.05) is 32.6 Å². The van der Waals surface area contributed by atoms with E-state index >= 15 is 0 Å². The Morgan fingerprint density at radius 3 is 2.88 bits per heavy atom. The summed E-state index contributed by atoms with van der Waals surface area (Å²) < 4.78 is 0. The molecule has 2 heteroatoms. The Balaban J connectivity index is 1.60. The van der Waals surface area contributed by atoms with E-state index in [9.17, 15) is 0 Å². The lowest BCUT2D eigenvalue weighted by atomic mass is 9.92. The summed E-state index contributed by atoms with van der Waals surface area (Å²) in [5, 5.41) is 0. The van der Waals surface area contributed by atoms with Crippen LogP contribution in [0.3, 0.4) is 0 Å². The zero-order valence-electron chi connectivity index (χ0n) is 11.0. The van der Waals surface area contributed by atoms with Gasteiger partial charge in [-0.25, -0.2) is 4.98 Å². The number of hydrogen-bond donors (Lipinski definition) is 1. The van der Waals surface area contributed by atoms with Crippen LogP contribution in [0.1, 0.15) is 62.7 Å². The van der Waals surface area contributed by atoms with Crippen molar-refractivity contribution in [1.29, 1.82) is 0 Å². The Labute approximate surface area is 104 Å². The van der Waals surface area contributed by atoms with Crippen LogP contribution in [0.15, 0.2) is 0 Å². The highest BCUT2D eigenvalue weighted by Crippen LogP contribution is 2.29. The average Bonchev–Trinajstić information content (AvgIpc) is 2.94. The minimum absolute atomic E-state index is 0.839. The highest BCUT2D eigenvalue weighted by molar-refractivity contribution is 5.18. The zero-order valence-corrected chi connectivity index (χ0v) is 11.0. The van der Waals surface area contributed by atoms with Crippen molar-refractivity contribution in [3.8, 4) is 0 Å². The molecule has 2 aliphatic carbocycles. The Morgan fingerprint density at radius 1 is 1.24 bits per heavy atom. The molecule has 0 amide bonds. The molecule has 0 aromatic carbocycles. The van der Waals surface area contributed by atoms with Gasteiger partial charge in [0.1, 0.15) is 5.82 Å². The fourth-order valence-corrected chi connectivity index (χ4v) is 3.47. The van der Waals surface area contributed by atoms with Gasteiger partial charge in [0.05, 0.1) is 5.69 Å². The number of hydrogen-bond acceptors (Lipinski definition) is 1. The molecule has 1 atom stereocenters. The van der Waals surface area contributed by atoms with E-state index in [1.807, 2.05) is 0 Å². The molecule has 0 bridgehead atoms. The zero-order chi connectivity index (χ0) is 11.7. The number of aromatic amines is 1. The Kier molecular flexibility index (Phi) is 3.21. The van der Waals surface area contributed by atoms with Gasteiger partial charge in [-0.2, -0.15) is 0 Å². The van der Waals surface area contributed by atoms with Crippen molar-refractivity contribution in [2.45, 2.75) is 64.7 Å². The molecule has 0 spiro atoms. The first-order valence-corrected chi connectivity index (χ1v) is 7.38. The third-order valence-electron chi connectivity index (χ3n) is 4.60. The average molecular weight is 232 g/mol. The number of H-pyrrole nitrogens is 1. The monoisotopic (exact) mass is 232 g/mol. The van der Waals surface area contributed by atoms with Crippen LogP contribution in [0.2, 0.25) is 0 Å². The summed E-state index contributed by atoms with van der Waals surface area (Å²) >= 11 is 0. The van der Waals surface area contributed by atoms with Crippen molar-refractivity contribution < 1.29 is 0 Å². The number of imidazole rings is 1. The first kappa shape index (κ1) is 11.3. The Bertz CT molecular complexity index is 374. The predicted molar refractivity (Wildman–Crippen MR) is 70.1 cm³/mol. The number of fused-ring (bicyclic) bond motifs is 1. The molecule has 0 radical (unpaired) electrons. The second-order valence-corrected chi connectivity index (χ2v) is 6.15. The van der Waals surface area contributed by atoms with Crippen molar-refractivity contribution in [3.05, 3.63) is 17.2 Å². The lowest BCUT2D eigenvalue weighted by Crippen LogP contribution is -2.10. The largest absolute Gasteiger partial charge is 0.346 e. The van der Waals surface area contributed by atoms with Crippen LogP contribution < -0.4 is 0 Å². The van der Waals surface area contributed by atoms with E-state index in [1.165, 1.54) is 75.0 Å². The van der Waals surface area contributed by atoms with E-state index < -0.39 is 0 Å². The van der Waals surface area contributed by atoms with Gasteiger partial charge in [0.2, 0.25) is 0 Å². The molecule has 94 valence electrons. The van der Waals surface area contributed by atoms with Crippen LogP contribution in [-0.2, 0) is 19.3 Å². The van der Waals surface area contributed by atoms with Crippen LogP contribution in [0.5, 0.6) is 0 Å². The third-order valence-corrected chi connectivity index (χ3v) is 4.60. The van der Waals surface area contributed by atoms with Crippen LogP contribution in [0.25, 0.3) is 0 Å². The van der Waals surface area contributed by atoms with Gasteiger partial charge in [0.15, 0.2) is 0 Å². The van der Waals surface area contributed by atoms with E-state index in [-0.39, 0.29) is 0 Å². The molecule has 0 saturated heterocycles. The van der Waals surface area contributed by atoms with Crippen LogP contribution in [0, 0.1) is 11.8 Å². The number of nitrogens with zero attached hydrogens (tertiary/aromatic N) is 1. The lowest BCUT2D eigenvalue weighted by molar-refractivity contribution is 0.491. The fourth-order valence-electron chi connectivity index (χ4n) is 3.47. The number of aromatic nitrogens is 2. The van der Waals surface area contributed by atoms with Crippen LogP contribution in [0.4, 0.5) is 0 Å². The second-order valence-electron chi connectivity index (χ2n) is 6.15. The van der Waals surface area contributed by atoms with Crippen molar-refractivity contribution in [1.82, 2.24) is 9.97 Å². The number of aryl methyl sites for hydroxylation is 2. The summed E-state index contributed by atoms with van der Waals surface area (Å²) in [4.78, 5) is 8.37. The topological polar surface area (TPSA) is 28.7 Å². The minimum atomic E-state index is 0.839. The van der Waals surface area contributed by atoms with E-state index in [2.05, 4.69) is 11.9 Å². The highest BCUT2D eigenvalue weighted by atomic mass is 14.9. The van der Waals surface area contributed by atoms with Gasteiger partial charge in [-0.05, 0) is 37.5 Å². The normalized spacial score (nSPS) is 25.1. The summed E-state index contributed by atoms with van der Waals surface area (Å²) in [5.41, 5.74) is 2.80. The quantitative estimate of drug-likeness (QED) is 0.846. The summed E-state index contributed by atoms with van der Waals surface area (Å²) in [6.07, 6.45) is 12.1. The highest BCUT2D eigenvalue weighted by Gasteiger charge is 2.20. The van der Waals surface area contributed by atoms with Crippen LogP contribution >= 0.6 is 0 Å². The molecule has 0 aliphatic heterocycles. The van der Waals surface area contributed by atoms with Gasteiger partial charge in [0.25, 0.3) is 0 Å². The molecule has 1 aromatic rings. The molecule has 1 aromatic heterocycles. The number of rotatable bonds is 3. The second kappa shape index (κ2) is 4.83. The van der Waals surface area contributed by atoms with E-state index in [1.54, 1.807) is 0 Å². The maximum atomic E-state index is 4.79. The van der Waals surface area contributed by atoms with Gasteiger partial charge >= 0.3 is 0 Å². The summed E-state index contributed by atoms with van der Waals surface area (Å²) in [6.45, 7) is 2.35. The maximum Gasteiger partial charge on any atom is 0.106 e. The molecule has 17 heavy (non-hydrogen) atoms. The Morgan fingerprint density at radius 2 is 2.06 bits per heavy atom. The van der Waals surface area contributed by atoms with Crippen molar-refractivity contribution in [3.63, 3.8) is 0 Å². The smallest absolute Gasteiger partial charge is 0.106 e. The molecule has 1 unspecified atom stereocenters. The van der Waals surface area contributed by atoms with Gasteiger partial charge < -0.3 is 4.98 Å². The molecule has 1 saturated carbocycles. The molecule has 1 heterocycles. The molecule has 3 rings (SSSR count). The summed E-state index contributed by atoms with van der Waals surface area (Å²) in [5.74, 6) is 3.08. The third kappa shape index (κ3) is 2.56. The first-order chi connectivity index (χ1) is 8.31. The summed E-state index contributed by atoms with van der Waals surface area (Å²) in [6, 6.07) is 0. The van der Waals surface area contributed by atoms with Gasteiger partial charge in [-0.15, -0.1) is 0 Å². The SMILES string of the molecule is CC1CCc2nc(CCC3CCCC3)[nH]c2C1. The first-order valence-electron chi connectivity index (χ1n) is 7.38. The van der Waals surface area contributed by atoms with E-state index in [0.29, 0.717) is 0 Å².